The highest BCUT2D eigenvalue weighted by atomic mass is 19.3. The molecule has 0 spiro atoms. The van der Waals surface area contributed by atoms with E-state index >= 15 is 0 Å². The smallest absolute Gasteiger partial charge is 0.252 e. The Labute approximate surface area is 126 Å². The average Bonchev–Trinajstić information content (AvgIpc) is 2.74. The summed E-state index contributed by atoms with van der Waals surface area (Å²) in [7, 11) is 0. The highest BCUT2D eigenvalue weighted by Gasteiger charge is 2.43. The van der Waals surface area contributed by atoms with Crippen molar-refractivity contribution in [1.29, 1.82) is 0 Å². The fourth-order valence-corrected chi connectivity index (χ4v) is 3.54. The highest BCUT2D eigenvalue weighted by Crippen LogP contribution is 2.39. The first-order valence-electron chi connectivity index (χ1n) is 8.30. The van der Waals surface area contributed by atoms with Crippen LogP contribution in [0.1, 0.15) is 49.7 Å². The van der Waals surface area contributed by atoms with Crippen LogP contribution in [0.4, 0.5) is 8.78 Å². The van der Waals surface area contributed by atoms with Crippen molar-refractivity contribution >= 4 is 0 Å². The molecule has 0 heterocycles. The first-order valence-corrected chi connectivity index (χ1v) is 8.30. The van der Waals surface area contributed by atoms with Crippen molar-refractivity contribution < 1.29 is 8.78 Å². The third kappa shape index (κ3) is 3.82. The third-order valence-electron chi connectivity index (χ3n) is 5.12. The van der Waals surface area contributed by atoms with Gasteiger partial charge in [0.25, 0.3) is 5.92 Å². The summed E-state index contributed by atoms with van der Waals surface area (Å²) in [6.45, 7) is 1.13. The van der Waals surface area contributed by atoms with Crippen LogP contribution in [0.15, 0.2) is 24.3 Å². The molecule has 2 aliphatic rings. The predicted octanol–water partition coefficient (Wildman–Crippen LogP) is 4.55. The van der Waals surface area contributed by atoms with Gasteiger partial charge in [0.2, 0.25) is 0 Å². The van der Waals surface area contributed by atoms with Crippen molar-refractivity contribution in [3.63, 3.8) is 0 Å². The van der Waals surface area contributed by atoms with Crippen LogP contribution < -0.4 is 5.32 Å². The topological polar surface area (TPSA) is 12.0 Å². The fourth-order valence-electron chi connectivity index (χ4n) is 3.54. The number of hydrogen-bond donors (Lipinski definition) is 1. The fraction of sp³-hybridized carbons (Fsp3) is 0.667. The van der Waals surface area contributed by atoms with Crippen LogP contribution in [-0.4, -0.2) is 12.5 Å². The van der Waals surface area contributed by atoms with Crippen LogP contribution >= 0.6 is 0 Å². The lowest BCUT2D eigenvalue weighted by Gasteiger charge is -2.25. The number of rotatable bonds is 6. The molecule has 0 aliphatic heterocycles. The Balaban J connectivity index is 1.47. The van der Waals surface area contributed by atoms with E-state index in [1.165, 1.54) is 36.8 Å². The lowest BCUT2D eigenvalue weighted by Crippen LogP contribution is -2.31. The van der Waals surface area contributed by atoms with E-state index in [9.17, 15) is 8.78 Å². The van der Waals surface area contributed by atoms with Crippen molar-refractivity contribution in [3.8, 4) is 0 Å². The lowest BCUT2D eigenvalue weighted by molar-refractivity contribution is -0.0359. The van der Waals surface area contributed by atoms with Gasteiger partial charge in [0, 0.05) is 25.4 Å². The Morgan fingerprint density at radius 1 is 1.10 bits per heavy atom. The average molecular weight is 293 g/mol. The minimum absolute atomic E-state index is 0.0657. The normalized spacial score (nSPS) is 25.0. The summed E-state index contributed by atoms with van der Waals surface area (Å²) < 4.78 is 27.1. The molecule has 2 aliphatic carbocycles. The molecule has 1 nitrogen and oxygen atoms in total. The zero-order chi connectivity index (χ0) is 14.7. The Kier molecular flexibility index (Phi) is 4.58. The van der Waals surface area contributed by atoms with E-state index in [1.807, 2.05) is 0 Å². The Hall–Kier alpha value is -0.960. The van der Waals surface area contributed by atoms with Gasteiger partial charge in [-0.1, -0.05) is 43.5 Å². The van der Waals surface area contributed by atoms with Crippen LogP contribution in [-0.2, 0) is 13.0 Å². The molecular formula is C18H25F2N. The molecule has 0 aromatic heterocycles. The van der Waals surface area contributed by atoms with Gasteiger partial charge in [0.1, 0.15) is 0 Å². The molecule has 1 unspecified atom stereocenters. The van der Waals surface area contributed by atoms with Gasteiger partial charge in [-0.25, -0.2) is 8.78 Å². The van der Waals surface area contributed by atoms with E-state index in [4.69, 9.17) is 0 Å². The lowest BCUT2D eigenvalue weighted by atomic mass is 9.81. The molecule has 1 atom stereocenters. The van der Waals surface area contributed by atoms with Gasteiger partial charge in [0.15, 0.2) is 0 Å². The quantitative estimate of drug-likeness (QED) is 0.811. The Bertz CT molecular complexity index is 468. The standard InChI is InChI=1S/C18H25F2N/c19-18(20)9-3-8-17(18)13-21-12-16-7-2-6-15(11-16)10-14-4-1-5-14/h2,6-7,11,14,17,21H,1,3-5,8-10,12-13H2. The molecule has 1 aromatic rings. The van der Waals surface area contributed by atoms with E-state index in [0.717, 1.165) is 5.92 Å². The molecule has 0 radical (unpaired) electrons. The molecule has 1 N–H and O–H groups in total. The maximum Gasteiger partial charge on any atom is 0.252 e. The maximum atomic E-state index is 13.5. The summed E-state index contributed by atoms with van der Waals surface area (Å²) in [6.07, 6.45) is 6.66. The summed E-state index contributed by atoms with van der Waals surface area (Å²) >= 11 is 0. The van der Waals surface area contributed by atoms with Gasteiger partial charge in [0.05, 0.1) is 0 Å². The van der Waals surface area contributed by atoms with E-state index in [1.54, 1.807) is 0 Å². The van der Waals surface area contributed by atoms with Gasteiger partial charge in [-0.15, -0.1) is 0 Å². The first kappa shape index (κ1) is 15.0. The van der Waals surface area contributed by atoms with Crippen LogP contribution in [0.2, 0.25) is 0 Å². The monoisotopic (exact) mass is 293 g/mol. The number of alkyl halides is 2. The maximum absolute atomic E-state index is 13.5. The number of hydrogen-bond acceptors (Lipinski definition) is 1. The molecule has 0 bridgehead atoms. The Morgan fingerprint density at radius 2 is 1.90 bits per heavy atom. The molecule has 3 heteroatoms. The molecule has 0 saturated heterocycles. The van der Waals surface area contributed by atoms with Crippen molar-refractivity contribution in [1.82, 2.24) is 5.32 Å². The molecule has 2 fully saturated rings. The molecule has 2 saturated carbocycles. The second-order valence-electron chi connectivity index (χ2n) is 6.80. The summed E-state index contributed by atoms with van der Waals surface area (Å²) in [4.78, 5) is 0. The predicted molar refractivity (Wildman–Crippen MR) is 81.5 cm³/mol. The van der Waals surface area contributed by atoms with Crippen molar-refractivity contribution in [3.05, 3.63) is 35.4 Å². The van der Waals surface area contributed by atoms with Crippen molar-refractivity contribution in [2.75, 3.05) is 6.54 Å². The summed E-state index contributed by atoms with van der Waals surface area (Å²) in [6, 6.07) is 8.60. The first-order chi connectivity index (χ1) is 10.1. The van der Waals surface area contributed by atoms with E-state index in [2.05, 4.69) is 29.6 Å². The number of nitrogens with one attached hydrogen (secondary N) is 1. The zero-order valence-electron chi connectivity index (χ0n) is 12.6. The van der Waals surface area contributed by atoms with Crippen LogP contribution in [0, 0.1) is 11.8 Å². The molecule has 0 amide bonds. The van der Waals surface area contributed by atoms with Crippen LogP contribution in [0.5, 0.6) is 0 Å². The molecule has 116 valence electrons. The van der Waals surface area contributed by atoms with Gasteiger partial charge in [-0.2, -0.15) is 0 Å². The van der Waals surface area contributed by atoms with Crippen molar-refractivity contribution in [2.45, 2.75) is 57.4 Å². The van der Waals surface area contributed by atoms with E-state index < -0.39 is 11.8 Å². The SMILES string of the molecule is FC1(F)CCCC1CNCc1cccc(CC2CCC2)c1. The summed E-state index contributed by atoms with van der Waals surface area (Å²) in [5.74, 6) is -2.07. The minimum Gasteiger partial charge on any atom is -0.312 e. The molecule has 3 rings (SSSR count). The van der Waals surface area contributed by atoms with Crippen LogP contribution in [0.25, 0.3) is 0 Å². The van der Waals surface area contributed by atoms with Gasteiger partial charge >= 0.3 is 0 Å². The van der Waals surface area contributed by atoms with Crippen LogP contribution in [0.3, 0.4) is 0 Å². The Morgan fingerprint density at radius 3 is 2.57 bits per heavy atom. The second-order valence-corrected chi connectivity index (χ2v) is 6.80. The van der Waals surface area contributed by atoms with Gasteiger partial charge < -0.3 is 5.32 Å². The molecular weight excluding hydrogens is 268 g/mol. The van der Waals surface area contributed by atoms with Gasteiger partial charge in [-0.3, -0.25) is 0 Å². The highest BCUT2D eigenvalue weighted by molar-refractivity contribution is 5.24. The summed E-state index contributed by atoms with van der Waals surface area (Å²) in [5.41, 5.74) is 2.61. The molecule has 21 heavy (non-hydrogen) atoms. The third-order valence-corrected chi connectivity index (χ3v) is 5.12. The molecule has 1 aromatic carbocycles. The van der Waals surface area contributed by atoms with E-state index in [0.29, 0.717) is 25.9 Å². The number of benzene rings is 1. The zero-order valence-corrected chi connectivity index (χ0v) is 12.6. The van der Waals surface area contributed by atoms with Crippen molar-refractivity contribution in [2.24, 2.45) is 11.8 Å². The largest absolute Gasteiger partial charge is 0.312 e. The van der Waals surface area contributed by atoms with E-state index in [-0.39, 0.29) is 6.42 Å². The minimum atomic E-state index is -2.46. The second kappa shape index (κ2) is 6.43. The number of halogens is 2. The van der Waals surface area contributed by atoms with Gasteiger partial charge in [-0.05, 0) is 36.3 Å². The summed E-state index contributed by atoms with van der Waals surface area (Å²) in [5, 5.41) is 3.23.